The lowest BCUT2D eigenvalue weighted by Gasteiger charge is -2.10. The van der Waals surface area contributed by atoms with Gasteiger partial charge in [0, 0.05) is 17.0 Å². The highest BCUT2D eigenvalue weighted by molar-refractivity contribution is 5.78. The fourth-order valence-electron chi connectivity index (χ4n) is 2.24. The van der Waals surface area contributed by atoms with Crippen LogP contribution >= 0.6 is 0 Å². The lowest BCUT2D eigenvalue weighted by Crippen LogP contribution is -2.12. The lowest BCUT2D eigenvalue weighted by atomic mass is 10.00. The van der Waals surface area contributed by atoms with Gasteiger partial charge in [-0.1, -0.05) is 6.92 Å². The highest BCUT2D eigenvalue weighted by Crippen LogP contribution is 2.34. The monoisotopic (exact) mass is 206 g/mol. The Morgan fingerprint density at radius 1 is 1.53 bits per heavy atom. The third-order valence-electron chi connectivity index (χ3n) is 2.87. The summed E-state index contributed by atoms with van der Waals surface area (Å²) in [6.07, 6.45) is 2.20. The van der Waals surface area contributed by atoms with E-state index in [1.165, 1.54) is 0 Å². The molecule has 1 aromatic heterocycles. The van der Waals surface area contributed by atoms with Crippen LogP contribution in [0.2, 0.25) is 0 Å². The molecule has 1 atom stereocenters. The van der Waals surface area contributed by atoms with E-state index in [1.807, 2.05) is 13.8 Å². The Bertz CT molecular complexity index is 415. The van der Waals surface area contributed by atoms with Crippen molar-refractivity contribution in [1.29, 1.82) is 0 Å². The van der Waals surface area contributed by atoms with E-state index in [-0.39, 0.29) is 0 Å². The first-order valence-corrected chi connectivity index (χ1v) is 5.22. The molecule has 0 radical (unpaired) electrons. The number of aliphatic carboxylic acids is 1. The molecule has 2 rings (SSSR count). The maximum atomic E-state index is 11.1. The molecule has 15 heavy (non-hydrogen) atoms. The summed E-state index contributed by atoms with van der Waals surface area (Å²) in [6.45, 7) is 3.85. The van der Waals surface area contributed by atoms with Crippen LogP contribution in [0.25, 0.3) is 0 Å². The van der Waals surface area contributed by atoms with Gasteiger partial charge in [-0.3, -0.25) is 4.79 Å². The van der Waals surface area contributed by atoms with E-state index < -0.39 is 11.9 Å². The van der Waals surface area contributed by atoms with Gasteiger partial charge in [-0.25, -0.2) is 9.97 Å². The first kappa shape index (κ1) is 10.1. The highest BCUT2D eigenvalue weighted by atomic mass is 16.4. The number of carbonyl (C=O) groups is 1. The third kappa shape index (κ3) is 1.60. The molecule has 0 bridgehead atoms. The van der Waals surface area contributed by atoms with Crippen LogP contribution in [0.4, 0.5) is 0 Å². The van der Waals surface area contributed by atoms with Crippen molar-refractivity contribution in [2.24, 2.45) is 0 Å². The van der Waals surface area contributed by atoms with E-state index in [2.05, 4.69) is 9.97 Å². The summed E-state index contributed by atoms with van der Waals surface area (Å²) < 4.78 is 0. The zero-order valence-electron chi connectivity index (χ0n) is 8.95. The van der Waals surface area contributed by atoms with Crippen LogP contribution in [0, 0.1) is 6.92 Å². The number of rotatable bonds is 2. The molecule has 0 aliphatic heterocycles. The summed E-state index contributed by atoms with van der Waals surface area (Å²) in [7, 11) is 0. The average Bonchev–Trinajstić information content (AvgIpc) is 2.59. The summed E-state index contributed by atoms with van der Waals surface area (Å²) >= 11 is 0. The molecule has 1 N–H and O–H groups in total. The maximum Gasteiger partial charge on any atom is 0.311 e. The van der Waals surface area contributed by atoms with Crippen molar-refractivity contribution in [2.75, 3.05) is 0 Å². The van der Waals surface area contributed by atoms with Crippen molar-refractivity contribution in [3.8, 4) is 0 Å². The maximum absolute atomic E-state index is 11.1. The minimum atomic E-state index is -0.754. The predicted molar refractivity (Wildman–Crippen MR) is 54.8 cm³/mol. The summed E-state index contributed by atoms with van der Waals surface area (Å²) in [6, 6.07) is 0. The first-order valence-electron chi connectivity index (χ1n) is 5.22. The fourth-order valence-corrected chi connectivity index (χ4v) is 2.24. The number of carboxylic acid groups (broad SMARTS) is 1. The third-order valence-corrected chi connectivity index (χ3v) is 2.87. The van der Waals surface area contributed by atoms with Crippen LogP contribution in [0.15, 0.2) is 0 Å². The van der Waals surface area contributed by atoms with E-state index in [0.717, 1.165) is 35.6 Å². The fraction of sp³-hybridized carbons (Fsp3) is 0.545. The standard InChI is InChI=1S/C11H14N2O2/c1-3-8-10-7(11(14)15)4-5-9(10)13-6(2)12-8/h7H,3-5H2,1-2H3,(H,14,15). The van der Waals surface area contributed by atoms with Gasteiger partial charge < -0.3 is 5.11 Å². The molecule has 0 saturated carbocycles. The van der Waals surface area contributed by atoms with Crippen LogP contribution < -0.4 is 0 Å². The van der Waals surface area contributed by atoms with Crippen molar-refractivity contribution in [3.05, 3.63) is 22.8 Å². The molecule has 0 amide bonds. The quantitative estimate of drug-likeness (QED) is 0.795. The van der Waals surface area contributed by atoms with Crippen LogP contribution in [-0.4, -0.2) is 21.0 Å². The molecule has 1 unspecified atom stereocenters. The second kappa shape index (κ2) is 3.61. The Labute approximate surface area is 88.4 Å². The van der Waals surface area contributed by atoms with Gasteiger partial charge in [0.05, 0.1) is 5.92 Å². The zero-order chi connectivity index (χ0) is 11.0. The number of fused-ring (bicyclic) bond motifs is 1. The van der Waals surface area contributed by atoms with Crippen molar-refractivity contribution < 1.29 is 9.90 Å². The van der Waals surface area contributed by atoms with Gasteiger partial charge in [0.15, 0.2) is 0 Å². The molecule has 0 fully saturated rings. The topological polar surface area (TPSA) is 63.1 Å². The number of carboxylic acids is 1. The molecular weight excluding hydrogens is 192 g/mol. The number of aryl methyl sites for hydroxylation is 3. The van der Waals surface area contributed by atoms with Gasteiger partial charge in [0.1, 0.15) is 5.82 Å². The van der Waals surface area contributed by atoms with Crippen LogP contribution in [0.1, 0.15) is 42.0 Å². The summed E-state index contributed by atoms with van der Waals surface area (Å²) in [4.78, 5) is 19.7. The second-order valence-electron chi connectivity index (χ2n) is 3.86. The number of aromatic nitrogens is 2. The smallest absolute Gasteiger partial charge is 0.311 e. The summed E-state index contributed by atoms with van der Waals surface area (Å²) in [5.74, 6) is -0.400. The second-order valence-corrected chi connectivity index (χ2v) is 3.86. The SMILES string of the molecule is CCc1nc(C)nc2c1C(C(=O)O)CC2. The van der Waals surface area contributed by atoms with Gasteiger partial charge in [0.2, 0.25) is 0 Å². The molecule has 1 aliphatic rings. The van der Waals surface area contributed by atoms with E-state index in [1.54, 1.807) is 0 Å². The minimum Gasteiger partial charge on any atom is -0.481 e. The Hall–Kier alpha value is -1.45. The largest absolute Gasteiger partial charge is 0.481 e. The molecule has 0 spiro atoms. The molecule has 0 aromatic carbocycles. The summed E-state index contributed by atoms with van der Waals surface area (Å²) in [5.41, 5.74) is 2.71. The molecule has 80 valence electrons. The van der Waals surface area contributed by atoms with Crippen LogP contribution in [0.3, 0.4) is 0 Å². The molecule has 1 aromatic rings. The highest BCUT2D eigenvalue weighted by Gasteiger charge is 2.32. The number of hydrogen-bond donors (Lipinski definition) is 1. The van der Waals surface area contributed by atoms with Gasteiger partial charge in [-0.15, -0.1) is 0 Å². The van der Waals surface area contributed by atoms with Gasteiger partial charge >= 0.3 is 5.97 Å². The average molecular weight is 206 g/mol. The first-order chi connectivity index (χ1) is 7.13. The van der Waals surface area contributed by atoms with Crippen molar-refractivity contribution >= 4 is 5.97 Å². The zero-order valence-corrected chi connectivity index (χ0v) is 8.95. The van der Waals surface area contributed by atoms with Crippen molar-refractivity contribution in [1.82, 2.24) is 9.97 Å². The van der Waals surface area contributed by atoms with Crippen molar-refractivity contribution in [2.45, 2.75) is 39.0 Å². The molecule has 1 heterocycles. The van der Waals surface area contributed by atoms with Gasteiger partial charge in [0.25, 0.3) is 0 Å². The van der Waals surface area contributed by atoms with Gasteiger partial charge in [-0.05, 0) is 26.2 Å². The molecule has 4 nitrogen and oxygen atoms in total. The Morgan fingerprint density at radius 2 is 2.27 bits per heavy atom. The normalized spacial score (nSPS) is 18.9. The lowest BCUT2D eigenvalue weighted by molar-refractivity contribution is -0.138. The predicted octanol–water partition coefficient (Wildman–Crippen LogP) is 1.46. The number of hydrogen-bond acceptors (Lipinski definition) is 3. The summed E-state index contributed by atoms with van der Waals surface area (Å²) in [5, 5.41) is 9.09. The van der Waals surface area contributed by atoms with Gasteiger partial charge in [-0.2, -0.15) is 0 Å². The van der Waals surface area contributed by atoms with E-state index >= 15 is 0 Å². The van der Waals surface area contributed by atoms with E-state index in [0.29, 0.717) is 6.42 Å². The minimum absolute atomic E-state index is 0.393. The molecule has 4 heteroatoms. The Kier molecular flexibility index (Phi) is 2.42. The Balaban J connectivity index is 2.55. The van der Waals surface area contributed by atoms with E-state index in [4.69, 9.17) is 5.11 Å². The van der Waals surface area contributed by atoms with Crippen LogP contribution in [-0.2, 0) is 17.6 Å². The Morgan fingerprint density at radius 3 is 2.87 bits per heavy atom. The van der Waals surface area contributed by atoms with Crippen molar-refractivity contribution in [3.63, 3.8) is 0 Å². The molecule has 1 aliphatic carbocycles. The molecular formula is C11H14N2O2. The molecule has 0 saturated heterocycles. The number of nitrogens with zero attached hydrogens (tertiary/aromatic N) is 2. The van der Waals surface area contributed by atoms with E-state index in [9.17, 15) is 4.79 Å². The van der Waals surface area contributed by atoms with Crippen LogP contribution in [0.5, 0.6) is 0 Å².